The van der Waals surface area contributed by atoms with Gasteiger partial charge in [-0.05, 0) is 44.4 Å². The van der Waals surface area contributed by atoms with Crippen molar-refractivity contribution in [3.8, 4) is 0 Å². The van der Waals surface area contributed by atoms with Crippen LogP contribution in [0, 0.1) is 13.8 Å². The molecule has 0 fully saturated rings. The summed E-state index contributed by atoms with van der Waals surface area (Å²) in [5.41, 5.74) is 3.19. The van der Waals surface area contributed by atoms with Crippen molar-refractivity contribution in [1.29, 1.82) is 0 Å². The topological polar surface area (TPSA) is 89.5 Å². The largest absolute Gasteiger partial charge is 0.462 e. The molecule has 3 rings (SSSR count). The van der Waals surface area contributed by atoms with Crippen LogP contribution in [0.5, 0.6) is 0 Å². The molecule has 0 saturated heterocycles. The van der Waals surface area contributed by atoms with E-state index in [4.69, 9.17) is 4.74 Å². The summed E-state index contributed by atoms with van der Waals surface area (Å²) in [7, 11) is -3.18. The normalized spacial score (nSPS) is 14.9. The fourth-order valence-corrected chi connectivity index (χ4v) is 7.08. The highest BCUT2D eigenvalue weighted by Crippen LogP contribution is 2.38. The number of nitrogens with one attached hydrogen (secondary N) is 1. The van der Waals surface area contributed by atoms with E-state index in [9.17, 15) is 18.0 Å². The van der Waals surface area contributed by atoms with Crippen molar-refractivity contribution in [1.82, 2.24) is 0 Å². The summed E-state index contributed by atoms with van der Waals surface area (Å²) < 4.78 is 29.1. The summed E-state index contributed by atoms with van der Waals surface area (Å²) in [6, 6.07) is 6.07. The maximum absolute atomic E-state index is 12.6. The van der Waals surface area contributed by atoms with E-state index < -0.39 is 15.8 Å². The van der Waals surface area contributed by atoms with Gasteiger partial charge in [0.2, 0.25) is 5.91 Å². The van der Waals surface area contributed by atoms with Gasteiger partial charge in [0.25, 0.3) is 0 Å². The molecule has 9 heteroatoms. The maximum atomic E-state index is 12.6. The molecule has 1 aromatic carbocycles. The Kier molecular flexibility index (Phi) is 6.70. The summed E-state index contributed by atoms with van der Waals surface area (Å²) in [4.78, 5) is 26.7. The third-order valence-corrected chi connectivity index (χ3v) is 8.58. The smallest absolute Gasteiger partial charge is 0.341 e. The molecule has 1 N–H and O–H groups in total. The number of amides is 1. The highest BCUT2D eigenvalue weighted by Gasteiger charge is 2.32. The lowest BCUT2D eigenvalue weighted by Gasteiger charge is -2.13. The SMILES string of the molecule is CCOC(=O)c1c(NC(=O)CSc2cc(C)ccc2C)sc2c1CCS(=O)(=O)C2. The zero-order valence-electron chi connectivity index (χ0n) is 16.5. The second kappa shape index (κ2) is 8.89. The molecule has 1 amide bonds. The lowest BCUT2D eigenvalue weighted by atomic mass is 10.1. The number of sulfone groups is 1. The van der Waals surface area contributed by atoms with Crippen LogP contribution in [0.25, 0.3) is 0 Å². The zero-order valence-corrected chi connectivity index (χ0v) is 19.0. The van der Waals surface area contributed by atoms with Crippen LogP contribution in [0.2, 0.25) is 0 Å². The molecule has 0 unspecified atom stereocenters. The van der Waals surface area contributed by atoms with E-state index in [1.54, 1.807) is 6.92 Å². The number of ether oxygens (including phenoxy) is 1. The Morgan fingerprint density at radius 2 is 2.03 bits per heavy atom. The molecule has 2 heterocycles. The Morgan fingerprint density at radius 1 is 1.28 bits per heavy atom. The van der Waals surface area contributed by atoms with E-state index in [1.165, 1.54) is 11.8 Å². The van der Waals surface area contributed by atoms with Crippen LogP contribution < -0.4 is 5.32 Å². The minimum Gasteiger partial charge on any atom is -0.462 e. The first-order valence-corrected chi connectivity index (χ1v) is 12.8. The Balaban J connectivity index is 1.80. The van der Waals surface area contributed by atoms with Crippen molar-refractivity contribution in [2.45, 2.75) is 37.8 Å². The summed E-state index contributed by atoms with van der Waals surface area (Å²) >= 11 is 2.58. The number of anilines is 1. The van der Waals surface area contributed by atoms with Crippen LogP contribution in [-0.4, -0.2) is 38.4 Å². The Hall–Kier alpha value is -1.84. The van der Waals surface area contributed by atoms with Crippen LogP contribution >= 0.6 is 23.1 Å². The number of thiophene rings is 1. The van der Waals surface area contributed by atoms with E-state index in [2.05, 4.69) is 5.32 Å². The van der Waals surface area contributed by atoms with E-state index in [0.29, 0.717) is 21.0 Å². The number of aryl methyl sites for hydroxylation is 2. The Bertz CT molecular complexity index is 1060. The van der Waals surface area contributed by atoms with Gasteiger partial charge in [0.1, 0.15) is 5.00 Å². The molecular formula is C20H23NO5S3. The molecule has 0 aliphatic carbocycles. The lowest BCUT2D eigenvalue weighted by molar-refractivity contribution is -0.113. The van der Waals surface area contributed by atoms with Gasteiger partial charge in [-0.2, -0.15) is 0 Å². The number of carbonyl (C=O) groups is 2. The number of hydrogen-bond acceptors (Lipinski definition) is 7. The van der Waals surface area contributed by atoms with E-state index in [-0.39, 0.29) is 36.2 Å². The van der Waals surface area contributed by atoms with Crippen molar-refractivity contribution in [3.05, 3.63) is 45.3 Å². The number of rotatable bonds is 6. The third kappa shape index (κ3) is 5.21. The monoisotopic (exact) mass is 453 g/mol. The molecule has 0 atom stereocenters. The first kappa shape index (κ1) is 21.9. The summed E-state index contributed by atoms with van der Waals surface area (Å²) in [5, 5.41) is 3.17. The van der Waals surface area contributed by atoms with Crippen molar-refractivity contribution in [3.63, 3.8) is 0 Å². The van der Waals surface area contributed by atoms with Gasteiger partial charge < -0.3 is 10.1 Å². The molecule has 1 aliphatic rings. The second-order valence-electron chi connectivity index (χ2n) is 6.88. The molecule has 1 aromatic heterocycles. The van der Waals surface area contributed by atoms with Gasteiger partial charge in [-0.15, -0.1) is 23.1 Å². The van der Waals surface area contributed by atoms with Crippen LogP contribution in [0.1, 0.15) is 38.8 Å². The number of fused-ring (bicyclic) bond motifs is 1. The molecule has 0 saturated carbocycles. The van der Waals surface area contributed by atoms with Crippen LogP contribution in [0.3, 0.4) is 0 Å². The average Bonchev–Trinajstić information content (AvgIpc) is 2.98. The maximum Gasteiger partial charge on any atom is 0.341 e. The van der Waals surface area contributed by atoms with Gasteiger partial charge in [0.15, 0.2) is 9.84 Å². The Morgan fingerprint density at radius 3 is 2.76 bits per heavy atom. The van der Waals surface area contributed by atoms with Gasteiger partial charge in [0, 0.05) is 9.77 Å². The summed E-state index contributed by atoms with van der Waals surface area (Å²) in [5.74, 6) is -0.691. The predicted octanol–water partition coefficient (Wildman–Crippen LogP) is 3.74. The molecule has 156 valence electrons. The Labute approximate surface area is 179 Å². The van der Waals surface area contributed by atoms with Crippen LogP contribution in [-0.2, 0) is 31.5 Å². The number of benzene rings is 1. The fraction of sp³-hybridized carbons (Fsp3) is 0.400. The summed E-state index contributed by atoms with van der Waals surface area (Å²) in [6.45, 7) is 5.91. The van der Waals surface area contributed by atoms with Crippen molar-refractivity contribution in [2.24, 2.45) is 0 Å². The van der Waals surface area contributed by atoms with Crippen molar-refractivity contribution >= 4 is 49.8 Å². The number of hydrogen-bond donors (Lipinski definition) is 1. The molecule has 0 bridgehead atoms. The van der Waals surface area contributed by atoms with E-state index >= 15 is 0 Å². The highest BCUT2D eigenvalue weighted by atomic mass is 32.2. The lowest BCUT2D eigenvalue weighted by Crippen LogP contribution is -2.20. The van der Waals surface area contributed by atoms with E-state index in [1.807, 2.05) is 32.0 Å². The van der Waals surface area contributed by atoms with Crippen LogP contribution in [0.15, 0.2) is 23.1 Å². The number of esters is 1. The fourth-order valence-electron chi connectivity index (χ4n) is 3.10. The minimum atomic E-state index is -3.18. The standard InChI is InChI=1S/C20H23NO5S3/c1-4-26-20(23)18-14-7-8-29(24,25)11-16(14)28-19(18)21-17(22)10-27-15-9-12(2)5-6-13(15)3/h5-6,9H,4,7-8,10-11H2,1-3H3,(H,21,22). The zero-order chi connectivity index (χ0) is 21.2. The molecule has 6 nitrogen and oxygen atoms in total. The molecule has 2 aromatic rings. The molecule has 29 heavy (non-hydrogen) atoms. The molecule has 0 spiro atoms. The molecule has 0 radical (unpaired) electrons. The predicted molar refractivity (Wildman–Crippen MR) is 117 cm³/mol. The first-order chi connectivity index (χ1) is 13.7. The molecular weight excluding hydrogens is 430 g/mol. The highest BCUT2D eigenvalue weighted by molar-refractivity contribution is 8.00. The van der Waals surface area contributed by atoms with Crippen LogP contribution in [0.4, 0.5) is 5.00 Å². The average molecular weight is 454 g/mol. The molecule has 1 aliphatic heterocycles. The number of carbonyl (C=O) groups excluding carboxylic acids is 2. The van der Waals surface area contributed by atoms with Crippen molar-refractivity contribution < 1.29 is 22.7 Å². The minimum absolute atomic E-state index is 0.000980. The van der Waals surface area contributed by atoms with Gasteiger partial charge in [-0.1, -0.05) is 17.7 Å². The van der Waals surface area contributed by atoms with Gasteiger partial charge in [0.05, 0.1) is 29.4 Å². The summed E-state index contributed by atoms with van der Waals surface area (Å²) in [6.07, 6.45) is 0.259. The van der Waals surface area contributed by atoms with E-state index in [0.717, 1.165) is 27.4 Å². The van der Waals surface area contributed by atoms with Gasteiger partial charge in [-0.25, -0.2) is 13.2 Å². The second-order valence-corrected chi connectivity index (χ2v) is 11.2. The van der Waals surface area contributed by atoms with Gasteiger partial charge in [-0.3, -0.25) is 4.79 Å². The van der Waals surface area contributed by atoms with Gasteiger partial charge >= 0.3 is 5.97 Å². The van der Waals surface area contributed by atoms with Crippen molar-refractivity contribution in [2.75, 3.05) is 23.4 Å². The quantitative estimate of drug-likeness (QED) is 0.529. The first-order valence-electron chi connectivity index (χ1n) is 9.22. The number of thioether (sulfide) groups is 1. The third-order valence-electron chi connectivity index (χ3n) is 4.54.